The van der Waals surface area contributed by atoms with Gasteiger partial charge >= 0.3 is 0 Å². The quantitative estimate of drug-likeness (QED) is 0.885. The third kappa shape index (κ3) is 3.98. The molecular weight excluding hydrogens is 306 g/mol. The molecule has 4 nitrogen and oxygen atoms in total. The first kappa shape index (κ1) is 16.1. The van der Waals surface area contributed by atoms with Crippen LogP contribution in [0.1, 0.15) is 40.0 Å². The van der Waals surface area contributed by atoms with E-state index in [4.69, 9.17) is 0 Å². The molecule has 5 heteroatoms. The summed E-state index contributed by atoms with van der Waals surface area (Å²) < 4.78 is 0. The Labute approximate surface area is 141 Å². The van der Waals surface area contributed by atoms with Crippen LogP contribution in [-0.2, 0) is 11.3 Å². The third-order valence-electron chi connectivity index (χ3n) is 4.35. The average molecular weight is 329 g/mol. The van der Waals surface area contributed by atoms with Gasteiger partial charge in [-0.3, -0.25) is 4.79 Å². The van der Waals surface area contributed by atoms with Crippen LogP contribution >= 0.6 is 11.3 Å². The molecule has 0 aliphatic carbocycles. The van der Waals surface area contributed by atoms with Crippen molar-refractivity contribution in [3.05, 3.63) is 51.5 Å². The fourth-order valence-corrected chi connectivity index (χ4v) is 3.80. The van der Waals surface area contributed by atoms with Crippen LogP contribution in [-0.4, -0.2) is 28.9 Å². The van der Waals surface area contributed by atoms with Crippen molar-refractivity contribution in [3.8, 4) is 0 Å². The van der Waals surface area contributed by atoms with Crippen LogP contribution in [0.15, 0.2) is 30.3 Å². The van der Waals surface area contributed by atoms with Gasteiger partial charge in [-0.25, -0.2) is 4.98 Å². The number of rotatable bonds is 6. The lowest BCUT2D eigenvalue weighted by Crippen LogP contribution is -2.35. The van der Waals surface area contributed by atoms with Crippen LogP contribution in [0.2, 0.25) is 0 Å². The number of aromatic nitrogens is 1. The SMILES string of the molecule is Cc1nc(CN[C@@H](CN2CCCC2=O)c2ccccc2)sc1C. The second-order valence-electron chi connectivity index (χ2n) is 6.04. The number of thiazole rings is 1. The highest BCUT2D eigenvalue weighted by Crippen LogP contribution is 2.21. The topological polar surface area (TPSA) is 45.2 Å². The number of hydrogen-bond acceptors (Lipinski definition) is 4. The lowest BCUT2D eigenvalue weighted by atomic mass is 10.1. The van der Waals surface area contributed by atoms with E-state index >= 15 is 0 Å². The maximum Gasteiger partial charge on any atom is 0.222 e. The molecule has 1 atom stereocenters. The van der Waals surface area contributed by atoms with E-state index in [-0.39, 0.29) is 11.9 Å². The molecule has 3 rings (SSSR count). The van der Waals surface area contributed by atoms with Crippen molar-refractivity contribution in [2.45, 2.75) is 39.3 Å². The summed E-state index contributed by atoms with van der Waals surface area (Å²) in [6, 6.07) is 10.5. The summed E-state index contributed by atoms with van der Waals surface area (Å²) in [7, 11) is 0. The Kier molecular flexibility index (Phi) is 5.08. The van der Waals surface area contributed by atoms with Gasteiger partial charge in [-0.1, -0.05) is 30.3 Å². The Morgan fingerprint density at radius 3 is 2.70 bits per heavy atom. The largest absolute Gasteiger partial charge is 0.341 e. The second-order valence-corrected chi connectivity index (χ2v) is 7.32. The lowest BCUT2D eigenvalue weighted by Gasteiger charge is -2.25. The smallest absolute Gasteiger partial charge is 0.222 e. The fraction of sp³-hybridized carbons (Fsp3) is 0.444. The van der Waals surface area contributed by atoms with E-state index in [1.54, 1.807) is 11.3 Å². The van der Waals surface area contributed by atoms with Gasteiger partial charge in [0.25, 0.3) is 0 Å². The lowest BCUT2D eigenvalue weighted by molar-refractivity contribution is -0.128. The third-order valence-corrected chi connectivity index (χ3v) is 5.42. The molecular formula is C18H23N3OS. The Morgan fingerprint density at radius 2 is 2.09 bits per heavy atom. The number of benzene rings is 1. The number of carbonyl (C=O) groups is 1. The summed E-state index contributed by atoms with van der Waals surface area (Å²) in [5, 5.41) is 4.70. The monoisotopic (exact) mass is 329 g/mol. The van der Waals surface area contributed by atoms with Gasteiger partial charge in [-0.05, 0) is 25.8 Å². The van der Waals surface area contributed by atoms with Crippen LogP contribution in [0.25, 0.3) is 0 Å². The van der Waals surface area contributed by atoms with E-state index in [2.05, 4.69) is 29.4 Å². The van der Waals surface area contributed by atoms with Crippen molar-refractivity contribution in [2.24, 2.45) is 0 Å². The summed E-state index contributed by atoms with van der Waals surface area (Å²) in [5.41, 5.74) is 2.33. The van der Waals surface area contributed by atoms with E-state index in [9.17, 15) is 4.79 Å². The molecule has 1 N–H and O–H groups in total. The molecule has 1 aliphatic rings. The Bertz CT molecular complexity index is 649. The molecule has 1 aliphatic heterocycles. The zero-order valence-corrected chi connectivity index (χ0v) is 14.5. The molecule has 0 radical (unpaired) electrons. The first-order valence-corrected chi connectivity index (χ1v) is 8.94. The molecule has 0 bridgehead atoms. The molecule has 1 saturated heterocycles. The van der Waals surface area contributed by atoms with Gasteiger partial charge in [0.1, 0.15) is 5.01 Å². The van der Waals surface area contributed by atoms with Gasteiger partial charge in [0.15, 0.2) is 0 Å². The van der Waals surface area contributed by atoms with Gasteiger partial charge in [-0.15, -0.1) is 11.3 Å². The Balaban J connectivity index is 1.71. The predicted octanol–water partition coefficient (Wildman–Crippen LogP) is 3.21. The van der Waals surface area contributed by atoms with Crippen LogP contribution < -0.4 is 5.32 Å². The normalized spacial score (nSPS) is 16.1. The number of nitrogens with zero attached hydrogens (tertiary/aromatic N) is 2. The van der Waals surface area contributed by atoms with Crippen molar-refractivity contribution < 1.29 is 4.79 Å². The second kappa shape index (κ2) is 7.23. The summed E-state index contributed by atoms with van der Waals surface area (Å²) in [6.07, 6.45) is 1.66. The zero-order chi connectivity index (χ0) is 16.2. The van der Waals surface area contributed by atoms with Gasteiger partial charge in [0, 0.05) is 30.9 Å². The minimum absolute atomic E-state index is 0.141. The summed E-state index contributed by atoms with van der Waals surface area (Å²) in [6.45, 7) is 6.49. The first-order valence-electron chi connectivity index (χ1n) is 8.12. The molecule has 2 heterocycles. The molecule has 0 spiro atoms. The van der Waals surface area contributed by atoms with Crippen molar-refractivity contribution >= 4 is 17.2 Å². The van der Waals surface area contributed by atoms with E-state index in [0.29, 0.717) is 6.42 Å². The predicted molar refractivity (Wildman–Crippen MR) is 93.4 cm³/mol. The number of carbonyl (C=O) groups excluding carboxylic acids is 1. The summed E-state index contributed by atoms with van der Waals surface area (Å²) in [4.78, 5) is 19.8. The van der Waals surface area contributed by atoms with E-state index in [1.807, 2.05) is 30.0 Å². The number of likely N-dealkylation sites (tertiary alicyclic amines) is 1. The van der Waals surface area contributed by atoms with Crippen LogP contribution in [0, 0.1) is 13.8 Å². The highest BCUT2D eigenvalue weighted by atomic mass is 32.1. The maximum absolute atomic E-state index is 12.0. The minimum atomic E-state index is 0.141. The van der Waals surface area contributed by atoms with E-state index in [1.165, 1.54) is 10.4 Å². The molecule has 23 heavy (non-hydrogen) atoms. The Morgan fingerprint density at radius 1 is 1.30 bits per heavy atom. The molecule has 1 aromatic heterocycles. The van der Waals surface area contributed by atoms with Crippen molar-refractivity contribution in [3.63, 3.8) is 0 Å². The molecule has 0 unspecified atom stereocenters. The van der Waals surface area contributed by atoms with Crippen molar-refractivity contribution in [1.82, 2.24) is 15.2 Å². The van der Waals surface area contributed by atoms with E-state index < -0.39 is 0 Å². The Hall–Kier alpha value is -1.72. The summed E-state index contributed by atoms with van der Waals surface area (Å²) in [5.74, 6) is 0.272. The maximum atomic E-state index is 12.0. The number of amides is 1. The van der Waals surface area contributed by atoms with Gasteiger partial charge in [0.05, 0.1) is 11.7 Å². The molecule has 1 amide bonds. The average Bonchev–Trinajstić information content (AvgIpc) is 3.10. The first-order chi connectivity index (χ1) is 11.1. The minimum Gasteiger partial charge on any atom is -0.341 e. The van der Waals surface area contributed by atoms with Gasteiger partial charge in [0.2, 0.25) is 5.91 Å². The highest BCUT2D eigenvalue weighted by molar-refractivity contribution is 7.11. The molecule has 0 saturated carbocycles. The van der Waals surface area contributed by atoms with Gasteiger partial charge < -0.3 is 10.2 Å². The standard InChI is InChI=1S/C18H23N3OS/c1-13-14(2)23-17(20-13)11-19-16(15-7-4-3-5-8-15)12-21-10-6-9-18(21)22/h3-5,7-8,16,19H,6,9-12H2,1-2H3/t16-/m0/s1. The van der Waals surface area contributed by atoms with Crippen molar-refractivity contribution in [2.75, 3.05) is 13.1 Å². The fourth-order valence-electron chi connectivity index (χ4n) is 2.92. The van der Waals surface area contributed by atoms with Crippen LogP contribution in [0.3, 0.4) is 0 Å². The highest BCUT2D eigenvalue weighted by Gasteiger charge is 2.24. The van der Waals surface area contributed by atoms with E-state index in [0.717, 1.165) is 36.8 Å². The van der Waals surface area contributed by atoms with Crippen molar-refractivity contribution in [1.29, 1.82) is 0 Å². The molecule has 1 aromatic carbocycles. The molecule has 2 aromatic rings. The molecule has 122 valence electrons. The summed E-state index contributed by atoms with van der Waals surface area (Å²) >= 11 is 1.74. The van der Waals surface area contributed by atoms with Gasteiger partial charge in [-0.2, -0.15) is 0 Å². The number of nitrogens with one attached hydrogen (secondary N) is 1. The molecule has 1 fully saturated rings. The van der Waals surface area contributed by atoms with Crippen LogP contribution in [0.4, 0.5) is 0 Å². The number of hydrogen-bond donors (Lipinski definition) is 1. The number of aryl methyl sites for hydroxylation is 2. The zero-order valence-electron chi connectivity index (χ0n) is 13.7. The van der Waals surface area contributed by atoms with Crippen LogP contribution in [0.5, 0.6) is 0 Å².